The second-order valence-electron chi connectivity index (χ2n) is 5.25. The molecule has 1 aromatic heterocycles. The number of benzene rings is 1. The van der Waals surface area contributed by atoms with Gasteiger partial charge in [-0.25, -0.2) is 0 Å². The van der Waals surface area contributed by atoms with Gasteiger partial charge < -0.3 is 19.3 Å². The second-order valence-corrected chi connectivity index (χ2v) is 5.25. The second kappa shape index (κ2) is 5.73. The molecule has 2 aromatic rings. The quantitative estimate of drug-likeness (QED) is 0.929. The zero-order valence-electron chi connectivity index (χ0n) is 12.4. The Morgan fingerprint density at radius 3 is 2.67 bits per heavy atom. The Morgan fingerprint density at radius 2 is 1.95 bits per heavy atom. The first-order valence-electron chi connectivity index (χ1n) is 7.09. The van der Waals surface area contributed by atoms with Gasteiger partial charge in [0.2, 0.25) is 6.10 Å². The lowest BCUT2D eigenvalue weighted by Crippen LogP contribution is -2.31. The van der Waals surface area contributed by atoms with E-state index in [4.69, 9.17) is 14.0 Å². The van der Waals surface area contributed by atoms with Crippen LogP contribution in [-0.4, -0.2) is 29.3 Å². The molecule has 6 nitrogen and oxygen atoms in total. The summed E-state index contributed by atoms with van der Waals surface area (Å²) in [6.45, 7) is 4.00. The number of fused-ring (bicyclic) bond motifs is 1. The largest absolute Gasteiger partial charge is 0.482 e. The normalized spacial score (nSPS) is 22.0. The first-order chi connectivity index (χ1) is 10.2. The Morgan fingerprint density at radius 1 is 1.24 bits per heavy atom. The van der Waals surface area contributed by atoms with Crippen molar-refractivity contribution in [3.05, 3.63) is 36.0 Å². The van der Waals surface area contributed by atoms with Gasteiger partial charge in [-0.2, -0.15) is 4.98 Å². The molecule has 0 aliphatic carbocycles. The number of nitrogens with one attached hydrogen (secondary N) is 1. The molecule has 0 saturated heterocycles. The highest BCUT2D eigenvalue weighted by molar-refractivity contribution is 5.41. The van der Waals surface area contributed by atoms with Gasteiger partial charge in [-0.15, -0.1) is 0 Å². The molecule has 6 heteroatoms. The van der Waals surface area contributed by atoms with Crippen molar-refractivity contribution in [1.82, 2.24) is 15.5 Å². The van der Waals surface area contributed by atoms with Crippen molar-refractivity contribution < 1.29 is 14.0 Å². The standard InChI is InChI=1S/C15H19N3O3/c1-9(16-3)8-13-17-15(21-18-13)14-10(2)19-11-6-4-5-7-12(11)20-14/h4-7,9-10,14,16H,8H2,1-3H3. The predicted molar refractivity (Wildman–Crippen MR) is 76.4 cm³/mol. The highest BCUT2D eigenvalue weighted by atomic mass is 16.6. The highest BCUT2D eigenvalue weighted by Crippen LogP contribution is 2.38. The van der Waals surface area contributed by atoms with Crippen LogP contribution in [0.1, 0.15) is 31.7 Å². The molecule has 0 spiro atoms. The van der Waals surface area contributed by atoms with E-state index in [0.717, 1.165) is 5.75 Å². The summed E-state index contributed by atoms with van der Waals surface area (Å²) in [5, 5.41) is 7.15. The number of hydrogen-bond acceptors (Lipinski definition) is 6. The molecule has 1 aliphatic rings. The van der Waals surface area contributed by atoms with Gasteiger partial charge in [0.05, 0.1) is 0 Å². The van der Waals surface area contributed by atoms with E-state index in [1.54, 1.807) is 0 Å². The molecule has 1 N–H and O–H groups in total. The summed E-state index contributed by atoms with van der Waals surface area (Å²) in [5.41, 5.74) is 0. The van der Waals surface area contributed by atoms with E-state index in [9.17, 15) is 0 Å². The summed E-state index contributed by atoms with van der Waals surface area (Å²) in [7, 11) is 1.91. The Labute approximate surface area is 123 Å². The number of aromatic nitrogens is 2. The van der Waals surface area contributed by atoms with Crippen LogP contribution >= 0.6 is 0 Å². The van der Waals surface area contributed by atoms with E-state index in [-0.39, 0.29) is 18.2 Å². The molecular weight excluding hydrogens is 270 g/mol. The zero-order chi connectivity index (χ0) is 14.8. The first kappa shape index (κ1) is 13.9. The van der Waals surface area contributed by atoms with Crippen molar-refractivity contribution in [2.45, 2.75) is 38.5 Å². The Bertz CT molecular complexity index is 614. The molecule has 3 atom stereocenters. The minimum Gasteiger partial charge on any atom is -0.482 e. The Balaban J connectivity index is 1.78. The lowest BCUT2D eigenvalue weighted by atomic mass is 10.2. The maximum absolute atomic E-state index is 5.94. The third-order valence-corrected chi connectivity index (χ3v) is 3.55. The highest BCUT2D eigenvalue weighted by Gasteiger charge is 2.34. The fourth-order valence-electron chi connectivity index (χ4n) is 2.23. The van der Waals surface area contributed by atoms with Gasteiger partial charge in [0.15, 0.2) is 17.3 Å². The Kier molecular flexibility index (Phi) is 3.79. The third kappa shape index (κ3) is 2.85. The fourth-order valence-corrected chi connectivity index (χ4v) is 2.23. The monoisotopic (exact) mass is 289 g/mol. The topological polar surface area (TPSA) is 69.4 Å². The minimum atomic E-state index is -0.383. The molecule has 112 valence electrons. The molecule has 0 saturated carbocycles. The molecule has 3 rings (SSSR count). The third-order valence-electron chi connectivity index (χ3n) is 3.55. The van der Waals surface area contributed by atoms with Crippen LogP contribution in [0.3, 0.4) is 0 Å². The molecule has 1 aromatic carbocycles. The van der Waals surface area contributed by atoms with Gasteiger partial charge in [-0.3, -0.25) is 0 Å². The van der Waals surface area contributed by atoms with Crippen molar-refractivity contribution in [1.29, 1.82) is 0 Å². The van der Waals surface area contributed by atoms with E-state index >= 15 is 0 Å². The van der Waals surface area contributed by atoms with Crippen LogP contribution in [0.5, 0.6) is 11.5 Å². The number of ether oxygens (including phenoxy) is 2. The zero-order valence-corrected chi connectivity index (χ0v) is 12.4. The molecule has 3 unspecified atom stereocenters. The van der Waals surface area contributed by atoms with Crippen LogP contribution in [-0.2, 0) is 6.42 Å². The predicted octanol–water partition coefficient (Wildman–Crippen LogP) is 2.12. The smallest absolute Gasteiger partial charge is 0.271 e. The van der Waals surface area contributed by atoms with Crippen molar-refractivity contribution >= 4 is 0 Å². The summed E-state index contributed by atoms with van der Waals surface area (Å²) in [5.74, 6) is 2.56. The van der Waals surface area contributed by atoms with Crippen LogP contribution in [0.25, 0.3) is 0 Å². The average Bonchev–Trinajstić information content (AvgIpc) is 2.94. The summed E-state index contributed by atoms with van der Waals surface area (Å²) in [6, 6.07) is 7.87. The van der Waals surface area contributed by atoms with E-state index in [1.165, 1.54) is 0 Å². The molecule has 0 amide bonds. The van der Waals surface area contributed by atoms with Crippen LogP contribution in [0.15, 0.2) is 28.8 Å². The molecule has 1 aliphatic heterocycles. The van der Waals surface area contributed by atoms with E-state index in [1.807, 2.05) is 38.2 Å². The van der Waals surface area contributed by atoms with Gasteiger partial charge in [-0.05, 0) is 33.0 Å². The van der Waals surface area contributed by atoms with E-state index < -0.39 is 0 Å². The Hall–Kier alpha value is -2.08. The van der Waals surface area contributed by atoms with E-state index in [2.05, 4.69) is 22.4 Å². The summed E-state index contributed by atoms with van der Waals surface area (Å²) in [6.07, 6.45) is 0.138. The van der Waals surface area contributed by atoms with Gasteiger partial charge in [0.25, 0.3) is 5.89 Å². The van der Waals surface area contributed by atoms with Crippen LogP contribution in [0.4, 0.5) is 0 Å². The minimum absolute atomic E-state index is 0.185. The lowest BCUT2D eigenvalue weighted by Gasteiger charge is -2.29. The fraction of sp³-hybridized carbons (Fsp3) is 0.467. The first-order valence-corrected chi connectivity index (χ1v) is 7.09. The van der Waals surface area contributed by atoms with Gasteiger partial charge in [-0.1, -0.05) is 17.3 Å². The summed E-state index contributed by atoms with van der Waals surface area (Å²) in [4.78, 5) is 4.42. The molecular formula is C15H19N3O3. The van der Waals surface area contributed by atoms with Gasteiger partial charge >= 0.3 is 0 Å². The van der Waals surface area contributed by atoms with Crippen LogP contribution in [0.2, 0.25) is 0 Å². The summed E-state index contributed by atoms with van der Waals surface area (Å²) >= 11 is 0. The molecule has 21 heavy (non-hydrogen) atoms. The maximum Gasteiger partial charge on any atom is 0.271 e. The molecule has 2 heterocycles. The number of hydrogen-bond donors (Lipinski definition) is 1. The number of para-hydroxylation sites is 2. The van der Waals surface area contributed by atoms with Gasteiger partial charge in [0, 0.05) is 12.5 Å². The van der Waals surface area contributed by atoms with Gasteiger partial charge in [0.1, 0.15) is 6.10 Å². The van der Waals surface area contributed by atoms with Crippen molar-refractivity contribution in [3.63, 3.8) is 0 Å². The lowest BCUT2D eigenvalue weighted by molar-refractivity contribution is 0.0116. The van der Waals surface area contributed by atoms with Crippen LogP contribution in [0, 0.1) is 0 Å². The molecule has 0 radical (unpaired) electrons. The summed E-state index contributed by atoms with van der Waals surface area (Å²) < 4.78 is 17.1. The molecule has 0 bridgehead atoms. The average molecular weight is 289 g/mol. The van der Waals surface area contributed by atoms with E-state index in [0.29, 0.717) is 23.9 Å². The number of nitrogens with zero attached hydrogens (tertiary/aromatic N) is 2. The molecule has 0 fully saturated rings. The number of likely N-dealkylation sites (N-methyl/N-ethyl adjacent to an activating group) is 1. The van der Waals surface area contributed by atoms with Crippen molar-refractivity contribution in [2.24, 2.45) is 0 Å². The number of rotatable bonds is 4. The van der Waals surface area contributed by atoms with Crippen LogP contribution < -0.4 is 14.8 Å². The van der Waals surface area contributed by atoms with Crippen molar-refractivity contribution in [2.75, 3.05) is 7.05 Å². The van der Waals surface area contributed by atoms with Crippen molar-refractivity contribution in [3.8, 4) is 11.5 Å². The SMILES string of the molecule is CNC(C)Cc1noc(C2Oc3ccccc3OC2C)n1. The maximum atomic E-state index is 5.94.